The summed E-state index contributed by atoms with van der Waals surface area (Å²) in [6, 6.07) is 6.83. The fraction of sp³-hybridized carbons (Fsp3) is 0.333. The van der Waals surface area contributed by atoms with E-state index in [-0.39, 0.29) is 5.82 Å². The highest BCUT2D eigenvalue weighted by Gasteiger charge is 1.97. The highest BCUT2D eigenvalue weighted by atomic mass is 19.1. The molecule has 0 spiro atoms. The van der Waals surface area contributed by atoms with Crippen molar-refractivity contribution in [2.45, 2.75) is 20.4 Å². The lowest BCUT2D eigenvalue weighted by molar-refractivity contribution is 0.596. The van der Waals surface area contributed by atoms with Crippen molar-refractivity contribution in [2.75, 3.05) is 6.54 Å². The summed E-state index contributed by atoms with van der Waals surface area (Å²) < 4.78 is 13.1. The summed E-state index contributed by atoms with van der Waals surface area (Å²) in [5, 5.41) is 3.16. The van der Waals surface area contributed by atoms with E-state index in [4.69, 9.17) is 0 Å². The van der Waals surface area contributed by atoms with Crippen molar-refractivity contribution in [2.24, 2.45) is 0 Å². The second-order valence-corrected chi connectivity index (χ2v) is 3.50. The number of halogens is 1. The van der Waals surface area contributed by atoms with Gasteiger partial charge in [0.05, 0.1) is 0 Å². The largest absolute Gasteiger partial charge is 0.309 e. The van der Waals surface area contributed by atoms with Gasteiger partial charge in [-0.2, -0.15) is 0 Å². The van der Waals surface area contributed by atoms with Crippen molar-refractivity contribution in [1.29, 1.82) is 0 Å². The predicted octanol–water partition coefficient (Wildman–Crippen LogP) is 2.88. The van der Waals surface area contributed by atoms with Gasteiger partial charge < -0.3 is 5.32 Å². The van der Waals surface area contributed by atoms with E-state index in [1.165, 1.54) is 11.6 Å². The third-order valence-corrected chi connectivity index (χ3v) is 1.93. The molecule has 0 saturated carbocycles. The molecule has 14 heavy (non-hydrogen) atoms. The van der Waals surface area contributed by atoms with Gasteiger partial charge in [-0.1, -0.05) is 29.8 Å². The molecule has 0 saturated heterocycles. The molecule has 0 radical (unpaired) electrons. The Morgan fingerprint density at radius 3 is 2.71 bits per heavy atom. The Morgan fingerprint density at radius 2 is 2.07 bits per heavy atom. The minimum Gasteiger partial charge on any atom is -0.309 e. The van der Waals surface area contributed by atoms with E-state index < -0.39 is 0 Å². The summed E-state index contributed by atoms with van der Waals surface area (Å²) in [6.45, 7) is 5.46. The molecule has 0 aromatic heterocycles. The lowest BCUT2D eigenvalue weighted by Crippen LogP contribution is -2.14. The Morgan fingerprint density at radius 1 is 1.36 bits per heavy atom. The summed E-state index contributed by atoms with van der Waals surface area (Å²) in [5.74, 6) is -0.141. The van der Waals surface area contributed by atoms with Crippen LogP contribution in [-0.4, -0.2) is 6.54 Å². The number of nitrogens with one attached hydrogen (secondary N) is 1. The van der Waals surface area contributed by atoms with E-state index in [0.29, 0.717) is 6.54 Å². The van der Waals surface area contributed by atoms with E-state index in [2.05, 4.69) is 11.4 Å². The molecule has 2 heteroatoms. The molecule has 0 aliphatic carbocycles. The first-order valence-electron chi connectivity index (χ1n) is 4.77. The van der Waals surface area contributed by atoms with Gasteiger partial charge in [0.2, 0.25) is 0 Å². The van der Waals surface area contributed by atoms with Crippen molar-refractivity contribution >= 4 is 0 Å². The van der Waals surface area contributed by atoms with Crippen LogP contribution in [0.15, 0.2) is 35.9 Å². The highest BCUT2D eigenvalue weighted by Crippen LogP contribution is 2.05. The number of benzene rings is 1. The van der Waals surface area contributed by atoms with Crippen LogP contribution in [0.2, 0.25) is 0 Å². The Bertz CT molecular complexity index is 314. The van der Waals surface area contributed by atoms with Gasteiger partial charge in [0.15, 0.2) is 0 Å². The Hall–Kier alpha value is -1.15. The summed E-state index contributed by atoms with van der Waals surface area (Å²) in [4.78, 5) is 0. The number of rotatable bonds is 4. The van der Waals surface area contributed by atoms with Crippen LogP contribution in [0, 0.1) is 5.82 Å². The third kappa shape index (κ3) is 3.71. The molecule has 76 valence electrons. The van der Waals surface area contributed by atoms with E-state index in [1.807, 2.05) is 19.9 Å². The molecule has 0 aliphatic rings. The molecule has 0 heterocycles. The Labute approximate surface area is 84.6 Å². The van der Waals surface area contributed by atoms with Crippen LogP contribution in [-0.2, 0) is 6.54 Å². The van der Waals surface area contributed by atoms with Gasteiger partial charge in [-0.25, -0.2) is 4.39 Å². The standard InChI is InChI=1S/C12H16FN/c1-10(2)7-8-14-9-11-5-3-4-6-12(11)13/h3-7,14H,8-9H2,1-2H3. The van der Waals surface area contributed by atoms with E-state index in [0.717, 1.165) is 12.1 Å². The van der Waals surface area contributed by atoms with Crippen LogP contribution in [0.1, 0.15) is 19.4 Å². The van der Waals surface area contributed by atoms with Crippen molar-refractivity contribution in [3.8, 4) is 0 Å². The number of hydrogen-bond donors (Lipinski definition) is 1. The van der Waals surface area contributed by atoms with Gasteiger partial charge in [-0.3, -0.25) is 0 Å². The van der Waals surface area contributed by atoms with Gasteiger partial charge in [-0.05, 0) is 19.9 Å². The lowest BCUT2D eigenvalue weighted by Gasteiger charge is -2.03. The van der Waals surface area contributed by atoms with Crippen molar-refractivity contribution in [3.05, 3.63) is 47.3 Å². The molecule has 1 aromatic carbocycles. The third-order valence-electron chi connectivity index (χ3n) is 1.93. The summed E-state index contributed by atoms with van der Waals surface area (Å²) in [5.41, 5.74) is 1.99. The zero-order chi connectivity index (χ0) is 10.4. The average molecular weight is 193 g/mol. The number of hydrogen-bond acceptors (Lipinski definition) is 1. The molecule has 0 atom stereocenters. The molecule has 1 aromatic rings. The molecule has 0 amide bonds. The van der Waals surface area contributed by atoms with Gasteiger partial charge in [0.25, 0.3) is 0 Å². The summed E-state index contributed by atoms with van der Waals surface area (Å²) in [7, 11) is 0. The second-order valence-electron chi connectivity index (χ2n) is 3.50. The Kier molecular flexibility index (Phi) is 4.33. The zero-order valence-electron chi connectivity index (χ0n) is 8.68. The average Bonchev–Trinajstić information content (AvgIpc) is 2.15. The van der Waals surface area contributed by atoms with Gasteiger partial charge in [-0.15, -0.1) is 0 Å². The van der Waals surface area contributed by atoms with Gasteiger partial charge in [0.1, 0.15) is 5.82 Å². The first kappa shape index (κ1) is 10.9. The molecule has 0 unspecified atom stereocenters. The highest BCUT2D eigenvalue weighted by molar-refractivity contribution is 5.17. The summed E-state index contributed by atoms with van der Waals surface area (Å²) in [6.07, 6.45) is 2.08. The molecule has 1 nitrogen and oxygen atoms in total. The molecule has 1 N–H and O–H groups in total. The second kappa shape index (κ2) is 5.55. The molecular formula is C12H16FN. The van der Waals surface area contributed by atoms with E-state index in [9.17, 15) is 4.39 Å². The van der Waals surface area contributed by atoms with Gasteiger partial charge >= 0.3 is 0 Å². The molecule has 0 fully saturated rings. The summed E-state index contributed by atoms with van der Waals surface area (Å²) >= 11 is 0. The maximum atomic E-state index is 13.1. The van der Waals surface area contributed by atoms with Crippen LogP contribution in [0.5, 0.6) is 0 Å². The molecule has 0 aliphatic heterocycles. The fourth-order valence-corrected chi connectivity index (χ4v) is 1.12. The predicted molar refractivity (Wildman–Crippen MR) is 57.5 cm³/mol. The van der Waals surface area contributed by atoms with E-state index >= 15 is 0 Å². The van der Waals surface area contributed by atoms with Crippen LogP contribution < -0.4 is 5.32 Å². The topological polar surface area (TPSA) is 12.0 Å². The molecular weight excluding hydrogens is 177 g/mol. The number of allylic oxidation sites excluding steroid dienone is 1. The van der Waals surface area contributed by atoms with Crippen molar-refractivity contribution in [3.63, 3.8) is 0 Å². The van der Waals surface area contributed by atoms with Gasteiger partial charge in [0, 0.05) is 18.7 Å². The quantitative estimate of drug-likeness (QED) is 0.572. The zero-order valence-corrected chi connectivity index (χ0v) is 8.68. The lowest BCUT2D eigenvalue weighted by atomic mass is 10.2. The van der Waals surface area contributed by atoms with E-state index in [1.54, 1.807) is 12.1 Å². The molecule has 1 rings (SSSR count). The van der Waals surface area contributed by atoms with Crippen LogP contribution in [0.4, 0.5) is 4.39 Å². The minimum atomic E-state index is -0.141. The van der Waals surface area contributed by atoms with Crippen LogP contribution in [0.25, 0.3) is 0 Å². The van der Waals surface area contributed by atoms with Crippen molar-refractivity contribution < 1.29 is 4.39 Å². The minimum absolute atomic E-state index is 0.141. The first-order valence-corrected chi connectivity index (χ1v) is 4.77. The van der Waals surface area contributed by atoms with Crippen molar-refractivity contribution in [1.82, 2.24) is 5.32 Å². The van der Waals surface area contributed by atoms with Crippen LogP contribution >= 0.6 is 0 Å². The normalized spacial score (nSPS) is 9.93. The first-order chi connectivity index (χ1) is 6.70. The fourth-order valence-electron chi connectivity index (χ4n) is 1.12. The maximum absolute atomic E-state index is 13.1. The molecule has 0 bridgehead atoms. The maximum Gasteiger partial charge on any atom is 0.127 e. The van der Waals surface area contributed by atoms with Crippen LogP contribution in [0.3, 0.4) is 0 Å². The monoisotopic (exact) mass is 193 g/mol. The SMILES string of the molecule is CC(C)=CCNCc1ccccc1F. The Balaban J connectivity index is 2.39. The smallest absolute Gasteiger partial charge is 0.127 e.